The molecule has 2 rings (SSSR count). The third kappa shape index (κ3) is 3.81. The molecule has 0 bridgehead atoms. The van der Waals surface area contributed by atoms with Crippen molar-refractivity contribution in [2.45, 2.75) is 53.4 Å². The molecule has 6 heteroatoms. The summed E-state index contributed by atoms with van der Waals surface area (Å²) < 4.78 is 11.1. The summed E-state index contributed by atoms with van der Waals surface area (Å²) in [6, 6.07) is 0. The number of nitrogens with one attached hydrogen (secondary N) is 1. The summed E-state index contributed by atoms with van der Waals surface area (Å²) in [6.07, 6.45) is 4.11. The van der Waals surface area contributed by atoms with Crippen molar-refractivity contribution in [3.63, 3.8) is 0 Å². The molecule has 126 valence electrons. The Hall–Kier alpha value is -2.11. The predicted molar refractivity (Wildman–Crippen MR) is 90.9 cm³/mol. The van der Waals surface area contributed by atoms with Crippen LogP contribution in [0.15, 0.2) is 4.52 Å². The molecule has 0 unspecified atom stereocenters. The molecule has 6 nitrogen and oxygen atoms in total. The average Bonchev–Trinajstić information content (AvgIpc) is 2.89. The van der Waals surface area contributed by atoms with E-state index in [0.717, 1.165) is 47.7 Å². The Morgan fingerprint density at radius 2 is 1.91 bits per heavy atom. The lowest BCUT2D eigenvalue weighted by Crippen LogP contribution is -2.08. The van der Waals surface area contributed by atoms with Gasteiger partial charge in [-0.1, -0.05) is 31.8 Å². The van der Waals surface area contributed by atoms with Crippen molar-refractivity contribution in [1.82, 2.24) is 15.1 Å². The first-order chi connectivity index (χ1) is 11.1. The van der Waals surface area contributed by atoms with E-state index in [0.29, 0.717) is 18.3 Å². The minimum Gasteiger partial charge on any atom is -0.475 e. The molecule has 0 atom stereocenters. The number of hydrogen-bond acceptors (Lipinski definition) is 6. The van der Waals surface area contributed by atoms with Gasteiger partial charge >= 0.3 is 0 Å². The second-order valence-electron chi connectivity index (χ2n) is 5.53. The number of ether oxygens (including phenoxy) is 1. The summed E-state index contributed by atoms with van der Waals surface area (Å²) in [6.45, 7) is 8.70. The molecule has 0 saturated heterocycles. The topological polar surface area (TPSA) is 73.1 Å². The zero-order chi connectivity index (χ0) is 16.8. The highest BCUT2D eigenvalue weighted by Gasteiger charge is 2.20. The predicted octanol–water partition coefficient (Wildman–Crippen LogP) is 3.92. The normalized spacial score (nSPS) is 10.8. The van der Waals surface area contributed by atoms with Gasteiger partial charge in [0, 0.05) is 7.05 Å². The molecule has 23 heavy (non-hydrogen) atoms. The minimum absolute atomic E-state index is 0.566. The maximum absolute atomic E-state index is 5.83. The number of nitrogens with zero attached hydrogens (tertiary/aromatic N) is 3. The summed E-state index contributed by atoms with van der Waals surface area (Å²) in [7, 11) is 1.83. The summed E-state index contributed by atoms with van der Waals surface area (Å²) in [5, 5.41) is 7.10. The second kappa shape index (κ2) is 7.94. The Morgan fingerprint density at radius 3 is 2.48 bits per heavy atom. The lowest BCUT2D eigenvalue weighted by atomic mass is 10.1. The fourth-order valence-corrected chi connectivity index (χ4v) is 2.50. The van der Waals surface area contributed by atoms with E-state index >= 15 is 0 Å². The molecular weight excluding hydrogens is 292 g/mol. The minimum atomic E-state index is 0.566. The zero-order valence-corrected chi connectivity index (χ0v) is 14.7. The fourth-order valence-electron chi connectivity index (χ4n) is 2.50. The van der Waals surface area contributed by atoms with Crippen LogP contribution in [0.1, 0.15) is 50.3 Å². The quantitative estimate of drug-likeness (QED) is 0.744. The average molecular weight is 318 g/mol. The van der Waals surface area contributed by atoms with E-state index < -0.39 is 0 Å². The number of aryl methyl sites for hydroxylation is 3. The van der Waals surface area contributed by atoms with Gasteiger partial charge in [-0.05, 0) is 26.7 Å². The first kappa shape index (κ1) is 17.2. The van der Waals surface area contributed by atoms with Crippen LogP contribution in [0.2, 0.25) is 0 Å². The summed E-state index contributed by atoms with van der Waals surface area (Å²) >= 11 is 0. The van der Waals surface area contributed by atoms with Crippen molar-refractivity contribution < 1.29 is 9.26 Å². The summed E-state index contributed by atoms with van der Waals surface area (Å²) in [4.78, 5) is 9.41. The smallest absolute Gasteiger partial charge is 0.257 e. The molecule has 0 aliphatic rings. The van der Waals surface area contributed by atoms with Crippen molar-refractivity contribution in [1.29, 1.82) is 0 Å². The molecular formula is C17H26N4O2. The molecule has 2 aromatic rings. The van der Waals surface area contributed by atoms with E-state index in [2.05, 4.69) is 29.3 Å². The first-order valence-corrected chi connectivity index (χ1v) is 8.27. The largest absolute Gasteiger partial charge is 0.475 e. The van der Waals surface area contributed by atoms with E-state index in [-0.39, 0.29) is 0 Å². The maximum Gasteiger partial charge on any atom is 0.257 e. The highest BCUT2D eigenvalue weighted by molar-refractivity contribution is 5.68. The molecule has 0 aliphatic carbocycles. The van der Waals surface area contributed by atoms with Gasteiger partial charge in [-0.2, -0.15) is 0 Å². The van der Waals surface area contributed by atoms with Gasteiger partial charge in [-0.15, -0.1) is 0 Å². The lowest BCUT2D eigenvalue weighted by molar-refractivity contribution is 0.294. The van der Waals surface area contributed by atoms with Gasteiger partial charge < -0.3 is 14.6 Å². The zero-order valence-electron chi connectivity index (χ0n) is 14.7. The van der Waals surface area contributed by atoms with E-state index in [1.54, 1.807) is 0 Å². The van der Waals surface area contributed by atoms with E-state index in [4.69, 9.17) is 14.2 Å². The van der Waals surface area contributed by atoms with Crippen molar-refractivity contribution in [2.75, 3.05) is 19.0 Å². The SMILES string of the molecule is CCCCCOc1nc(CC)c(-c2c(C)noc2C)nc1NC. The Balaban J connectivity index is 2.38. The van der Waals surface area contributed by atoms with Crippen LogP contribution in [0.25, 0.3) is 11.3 Å². The molecule has 2 heterocycles. The number of anilines is 1. The van der Waals surface area contributed by atoms with Crippen LogP contribution in [0.5, 0.6) is 5.88 Å². The number of aromatic nitrogens is 3. The first-order valence-electron chi connectivity index (χ1n) is 8.27. The standard InChI is InChI=1S/C17H26N4O2/c1-6-8-9-10-22-17-16(18-5)20-15(13(7-2)19-17)14-11(3)21-23-12(14)4/h6-10H2,1-5H3,(H,18,20). The number of rotatable bonds is 8. The van der Waals surface area contributed by atoms with Gasteiger partial charge in [0.25, 0.3) is 5.88 Å². The number of hydrogen-bond donors (Lipinski definition) is 1. The molecule has 0 radical (unpaired) electrons. The fraction of sp³-hybridized carbons (Fsp3) is 0.588. The lowest BCUT2D eigenvalue weighted by Gasteiger charge is -2.14. The van der Waals surface area contributed by atoms with Crippen molar-refractivity contribution in [2.24, 2.45) is 0 Å². The van der Waals surface area contributed by atoms with Crippen LogP contribution >= 0.6 is 0 Å². The van der Waals surface area contributed by atoms with Gasteiger partial charge in [-0.3, -0.25) is 0 Å². The second-order valence-corrected chi connectivity index (χ2v) is 5.53. The van der Waals surface area contributed by atoms with Crippen LogP contribution in [-0.4, -0.2) is 28.8 Å². The van der Waals surface area contributed by atoms with Crippen LogP contribution in [-0.2, 0) is 6.42 Å². The number of unbranched alkanes of at least 4 members (excludes halogenated alkanes) is 2. The van der Waals surface area contributed by atoms with Crippen LogP contribution in [0.4, 0.5) is 5.82 Å². The summed E-state index contributed by atoms with van der Waals surface area (Å²) in [5.41, 5.74) is 3.45. The maximum atomic E-state index is 5.83. The van der Waals surface area contributed by atoms with Crippen LogP contribution in [0, 0.1) is 13.8 Å². The third-order valence-electron chi connectivity index (χ3n) is 3.76. The monoisotopic (exact) mass is 318 g/mol. The molecule has 0 spiro atoms. The summed E-state index contributed by atoms with van der Waals surface area (Å²) in [5.74, 6) is 1.97. The molecule has 0 fully saturated rings. The van der Waals surface area contributed by atoms with Crippen LogP contribution in [0.3, 0.4) is 0 Å². The molecule has 0 aromatic carbocycles. The van der Waals surface area contributed by atoms with Gasteiger partial charge in [0.2, 0.25) is 0 Å². The molecule has 0 aliphatic heterocycles. The molecule has 2 aromatic heterocycles. The van der Waals surface area contributed by atoms with Crippen molar-refractivity contribution in [3.05, 3.63) is 17.1 Å². The molecule has 1 N–H and O–H groups in total. The van der Waals surface area contributed by atoms with E-state index in [9.17, 15) is 0 Å². The Morgan fingerprint density at radius 1 is 1.13 bits per heavy atom. The van der Waals surface area contributed by atoms with E-state index in [1.165, 1.54) is 6.42 Å². The molecule has 0 amide bonds. The van der Waals surface area contributed by atoms with Gasteiger partial charge in [0.05, 0.1) is 29.3 Å². The Bertz CT molecular complexity index is 633. The van der Waals surface area contributed by atoms with Gasteiger partial charge in [0.15, 0.2) is 5.82 Å². The van der Waals surface area contributed by atoms with Crippen molar-refractivity contribution in [3.8, 4) is 17.1 Å². The highest BCUT2D eigenvalue weighted by Crippen LogP contribution is 2.32. The Labute approximate surface area is 137 Å². The third-order valence-corrected chi connectivity index (χ3v) is 3.76. The Kier molecular flexibility index (Phi) is 5.96. The van der Waals surface area contributed by atoms with Gasteiger partial charge in [-0.25, -0.2) is 9.97 Å². The van der Waals surface area contributed by atoms with E-state index in [1.807, 2.05) is 20.9 Å². The molecule has 0 saturated carbocycles. The van der Waals surface area contributed by atoms with Gasteiger partial charge in [0.1, 0.15) is 5.76 Å². The van der Waals surface area contributed by atoms with Crippen molar-refractivity contribution >= 4 is 5.82 Å². The van der Waals surface area contributed by atoms with Crippen LogP contribution < -0.4 is 10.1 Å². The highest BCUT2D eigenvalue weighted by atomic mass is 16.5.